The highest BCUT2D eigenvalue weighted by Gasteiger charge is 2.28. The molecule has 0 aromatic carbocycles. The van der Waals surface area contributed by atoms with Crippen LogP contribution in [-0.2, 0) is 6.42 Å². The zero-order valence-electron chi connectivity index (χ0n) is 11.8. The molecule has 0 saturated heterocycles. The molecule has 18 heavy (non-hydrogen) atoms. The third-order valence-corrected chi connectivity index (χ3v) is 5.57. The molecule has 0 aliphatic heterocycles. The molecule has 0 bridgehead atoms. The molecule has 1 fully saturated rings. The van der Waals surface area contributed by atoms with Gasteiger partial charge in [-0.05, 0) is 68.5 Å². The molecule has 1 aromatic heterocycles. The van der Waals surface area contributed by atoms with Crippen molar-refractivity contribution >= 4 is 11.3 Å². The zero-order valence-corrected chi connectivity index (χ0v) is 12.6. The van der Waals surface area contributed by atoms with Crippen LogP contribution in [0.15, 0.2) is 17.5 Å². The van der Waals surface area contributed by atoms with Gasteiger partial charge < -0.3 is 5.32 Å². The van der Waals surface area contributed by atoms with E-state index in [-0.39, 0.29) is 0 Å². The van der Waals surface area contributed by atoms with E-state index < -0.39 is 0 Å². The van der Waals surface area contributed by atoms with E-state index in [0.717, 1.165) is 17.8 Å². The van der Waals surface area contributed by atoms with Crippen LogP contribution in [0.1, 0.15) is 43.9 Å². The van der Waals surface area contributed by atoms with Crippen molar-refractivity contribution in [3.05, 3.63) is 22.4 Å². The molecule has 1 nitrogen and oxygen atoms in total. The van der Waals surface area contributed by atoms with Gasteiger partial charge in [-0.2, -0.15) is 0 Å². The first-order chi connectivity index (χ1) is 8.83. The molecular formula is C16H27NS. The van der Waals surface area contributed by atoms with Crippen LogP contribution in [-0.4, -0.2) is 13.6 Å². The maximum atomic E-state index is 3.40. The Morgan fingerprint density at radius 2 is 2.22 bits per heavy atom. The maximum Gasteiger partial charge on any atom is 0.00453 e. The summed E-state index contributed by atoms with van der Waals surface area (Å²) in [6.07, 6.45) is 8.42. The van der Waals surface area contributed by atoms with Crippen molar-refractivity contribution < 1.29 is 0 Å². The van der Waals surface area contributed by atoms with Crippen LogP contribution in [0, 0.1) is 17.8 Å². The highest BCUT2D eigenvalue weighted by molar-refractivity contribution is 7.09. The van der Waals surface area contributed by atoms with Crippen LogP contribution in [0.25, 0.3) is 0 Å². The summed E-state index contributed by atoms with van der Waals surface area (Å²) >= 11 is 1.92. The molecule has 1 saturated carbocycles. The molecule has 1 aliphatic carbocycles. The topological polar surface area (TPSA) is 12.0 Å². The van der Waals surface area contributed by atoms with Gasteiger partial charge in [-0.25, -0.2) is 0 Å². The van der Waals surface area contributed by atoms with Crippen molar-refractivity contribution in [3.63, 3.8) is 0 Å². The summed E-state index contributed by atoms with van der Waals surface area (Å²) in [6, 6.07) is 4.47. The minimum Gasteiger partial charge on any atom is -0.319 e. The summed E-state index contributed by atoms with van der Waals surface area (Å²) in [6.45, 7) is 3.57. The van der Waals surface area contributed by atoms with E-state index in [9.17, 15) is 0 Å². The quantitative estimate of drug-likeness (QED) is 0.806. The Kier molecular flexibility index (Phi) is 5.71. The van der Waals surface area contributed by atoms with Crippen molar-refractivity contribution in [2.45, 2.75) is 45.4 Å². The monoisotopic (exact) mass is 265 g/mol. The van der Waals surface area contributed by atoms with E-state index in [1.165, 1.54) is 45.1 Å². The Morgan fingerprint density at radius 1 is 1.33 bits per heavy atom. The van der Waals surface area contributed by atoms with Crippen LogP contribution in [0.3, 0.4) is 0 Å². The first-order valence-corrected chi connectivity index (χ1v) is 8.38. The Morgan fingerprint density at radius 3 is 2.89 bits per heavy atom. The van der Waals surface area contributed by atoms with Crippen LogP contribution in [0.4, 0.5) is 0 Å². The second-order valence-electron chi connectivity index (χ2n) is 5.78. The summed E-state index contributed by atoms with van der Waals surface area (Å²) in [5, 5.41) is 5.60. The normalized spacial score (nSPS) is 28.4. The average molecular weight is 265 g/mol. The Labute approximate surface area is 116 Å². The predicted molar refractivity (Wildman–Crippen MR) is 81.2 cm³/mol. The fraction of sp³-hybridized carbons (Fsp3) is 0.750. The predicted octanol–water partition coefficient (Wildman–Crippen LogP) is 4.34. The summed E-state index contributed by atoms with van der Waals surface area (Å²) in [4.78, 5) is 1.57. The van der Waals surface area contributed by atoms with Gasteiger partial charge in [0.25, 0.3) is 0 Å². The van der Waals surface area contributed by atoms with Gasteiger partial charge in [0, 0.05) is 4.88 Å². The van der Waals surface area contributed by atoms with Gasteiger partial charge in [0.2, 0.25) is 0 Å². The molecule has 0 radical (unpaired) electrons. The third-order valence-electron chi connectivity index (χ3n) is 4.63. The second kappa shape index (κ2) is 7.30. The van der Waals surface area contributed by atoms with Gasteiger partial charge in [-0.1, -0.05) is 25.8 Å². The number of aryl methyl sites for hydroxylation is 1. The standard InChI is InChI=1S/C16H27NS/c1-3-13-6-7-15(12-17-2)14(11-13)8-9-16-5-4-10-18-16/h4-5,10,13-15,17H,3,6-9,11-12H2,1-2H3. The summed E-state index contributed by atoms with van der Waals surface area (Å²) in [7, 11) is 2.10. The minimum absolute atomic E-state index is 0.915. The van der Waals surface area contributed by atoms with Crippen molar-refractivity contribution in [2.24, 2.45) is 17.8 Å². The maximum absolute atomic E-state index is 3.40. The first-order valence-electron chi connectivity index (χ1n) is 7.50. The minimum atomic E-state index is 0.915. The third kappa shape index (κ3) is 3.83. The van der Waals surface area contributed by atoms with Gasteiger partial charge >= 0.3 is 0 Å². The smallest absolute Gasteiger partial charge is 0.00453 e. The number of thiophene rings is 1. The van der Waals surface area contributed by atoms with E-state index in [0.29, 0.717) is 0 Å². The lowest BCUT2D eigenvalue weighted by atomic mass is 9.71. The van der Waals surface area contributed by atoms with Crippen molar-refractivity contribution in [2.75, 3.05) is 13.6 Å². The van der Waals surface area contributed by atoms with E-state index in [1.54, 1.807) is 4.88 Å². The van der Waals surface area contributed by atoms with E-state index in [4.69, 9.17) is 0 Å². The zero-order chi connectivity index (χ0) is 12.8. The van der Waals surface area contributed by atoms with Crippen molar-refractivity contribution in [3.8, 4) is 0 Å². The summed E-state index contributed by atoms with van der Waals surface area (Å²) < 4.78 is 0. The number of nitrogens with one attached hydrogen (secondary N) is 1. The number of rotatable bonds is 6. The molecule has 1 heterocycles. The first kappa shape index (κ1) is 14.1. The Balaban J connectivity index is 1.87. The van der Waals surface area contributed by atoms with E-state index in [1.807, 2.05) is 11.3 Å². The van der Waals surface area contributed by atoms with Gasteiger partial charge in [-0.3, -0.25) is 0 Å². The molecule has 1 N–H and O–H groups in total. The van der Waals surface area contributed by atoms with Crippen LogP contribution < -0.4 is 5.32 Å². The molecule has 102 valence electrons. The molecule has 1 aliphatic rings. The van der Waals surface area contributed by atoms with E-state index in [2.05, 4.69) is 36.8 Å². The van der Waals surface area contributed by atoms with Crippen LogP contribution >= 0.6 is 11.3 Å². The van der Waals surface area contributed by atoms with Crippen molar-refractivity contribution in [1.29, 1.82) is 0 Å². The summed E-state index contributed by atoms with van der Waals surface area (Å²) in [5.41, 5.74) is 0. The summed E-state index contributed by atoms with van der Waals surface area (Å²) in [5.74, 6) is 2.85. The van der Waals surface area contributed by atoms with Gasteiger partial charge in [0.05, 0.1) is 0 Å². The van der Waals surface area contributed by atoms with E-state index >= 15 is 0 Å². The fourth-order valence-electron chi connectivity index (χ4n) is 3.46. The van der Waals surface area contributed by atoms with Crippen molar-refractivity contribution in [1.82, 2.24) is 5.32 Å². The molecule has 0 amide bonds. The molecule has 2 heteroatoms. The Hall–Kier alpha value is -0.340. The van der Waals surface area contributed by atoms with Gasteiger partial charge in [0.15, 0.2) is 0 Å². The lowest BCUT2D eigenvalue weighted by Crippen LogP contribution is -2.32. The second-order valence-corrected chi connectivity index (χ2v) is 6.82. The van der Waals surface area contributed by atoms with Gasteiger partial charge in [0.1, 0.15) is 0 Å². The SMILES string of the molecule is CCC1CCC(CNC)C(CCc2cccs2)C1. The van der Waals surface area contributed by atoms with Crippen LogP contribution in [0.5, 0.6) is 0 Å². The molecule has 2 rings (SSSR count). The highest BCUT2D eigenvalue weighted by Crippen LogP contribution is 2.37. The van der Waals surface area contributed by atoms with Gasteiger partial charge in [-0.15, -0.1) is 11.3 Å². The largest absolute Gasteiger partial charge is 0.319 e. The lowest BCUT2D eigenvalue weighted by Gasteiger charge is -2.36. The fourth-order valence-corrected chi connectivity index (χ4v) is 4.19. The number of hydrogen-bond donors (Lipinski definition) is 1. The lowest BCUT2D eigenvalue weighted by molar-refractivity contribution is 0.165. The molecular weight excluding hydrogens is 238 g/mol. The molecule has 3 atom stereocenters. The molecule has 1 aromatic rings. The average Bonchev–Trinajstić information content (AvgIpc) is 2.91. The highest BCUT2D eigenvalue weighted by atomic mass is 32.1. The molecule has 3 unspecified atom stereocenters. The van der Waals surface area contributed by atoms with Crippen LogP contribution in [0.2, 0.25) is 0 Å². The number of hydrogen-bond acceptors (Lipinski definition) is 2. The molecule has 0 spiro atoms. The Bertz CT molecular complexity index is 320.